The normalized spacial score (nSPS) is 10.9. The number of nitrogens with one attached hydrogen (secondary N) is 1. The fourth-order valence-electron chi connectivity index (χ4n) is 2.77. The summed E-state index contributed by atoms with van der Waals surface area (Å²) in [6.07, 6.45) is 0.609. The summed E-state index contributed by atoms with van der Waals surface area (Å²) in [4.78, 5) is 17.5. The minimum Gasteiger partial charge on any atom is -0.497 e. The number of nitrogens with zero attached hydrogens (tertiary/aromatic N) is 3. The van der Waals surface area contributed by atoms with Gasteiger partial charge in [-0.25, -0.2) is 8.91 Å². The Balaban J connectivity index is 1.43. The Morgan fingerprint density at radius 2 is 1.93 bits per heavy atom. The molecular formula is C20H17FN4O2S. The third-order valence-corrected chi connectivity index (χ3v) is 5.14. The molecule has 0 atom stereocenters. The van der Waals surface area contributed by atoms with Crippen molar-refractivity contribution in [2.45, 2.75) is 6.42 Å². The third-order valence-electron chi connectivity index (χ3n) is 4.27. The molecule has 0 aliphatic carbocycles. The molecule has 1 N–H and O–H groups in total. The van der Waals surface area contributed by atoms with Gasteiger partial charge in [0.05, 0.1) is 12.8 Å². The van der Waals surface area contributed by atoms with Crippen LogP contribution in [0.2, 0.25) is 0 Å². The zero-order valence-corrected chi connectivity index (χ0v) is 15.9. The number of hydrogen-bond donors (Lipinski definition) is 1. The fourth-order valence-corrected chi connectivity index (χ4v) is 3.62. The quantitative estimate of drug-likeness (QED) is 0.541. The van der Waals surface area contributed by atoms with Gasteiger partial charge in [0.25, 0.3) is 5.91 Å². The number of benzene rings is 2. The van der Waals surface area contributed by atoms with Crippen LogP contribution in [0, 0.1) is 5.82 Å². The lowest BCUT2D eigenvalue weighted by molar-refractivity contribution is 0.0954. The number of aromatic nitrogens is 3. The zero-order chi connectivity index (χ0) is 19.5. The van der Waals surface area contributed by atoms with Crippen LogP contribution >= 0.6 is 11.3 Å². The van der Waals surface area contributed by atoms with E-state index < -0.39 is 0 Å². The van der Waals surface area contributed by atoms with Gasteiger partial charge >= 0.3 is 0 Å². The number of thiazole rings is 1. The van der Waals surface area contributed by atoms with E-state index in [1.807, 2.05) is 29.6 Å². The van der Waals surface area contributed by atoms with E-state index in [0.717, 1.165) is 22.0 Å². The molecule has 28 heavy (non-hydrogen) atoms. The molecule has 0 saturated heterocycles. The van der Waals surface area contributed by atoms with Crippen molar-refractivity contribution in [3.63, 3.8) is 0 Å². The van der Waals surface area contributed by atoms with Crippen molar-refractivity contribution in [2.24, 2.45) is 0 Å². The first-order valence-corrected chi connectivity index (χ1v) is 9.53. The lowest BCUT2D eigenvalue weighted by Crippen LogP contribution is -2.26. The molecule has 0 aliphatic rings. The lowest BCUT2D eigenvalue weighted by atomic mass is 10.2. The van der Waals surface area contributed by atoms with E-state index in [0.29, 0.717) is 24.4 Å². The molecule has 4 rings (SSSR count). The molecule has 2 aromatic heterocycles. The van der Waals surface area contributed by atoms with Crippen molar-refractivity contribution in [2.75, 3.05) is 13.7 Å². The van der Waals surface area contributed by atoms with Crippen LogP contribution in [0.25, 0.3) is 16.3 Å². The topological polar surface area (TPSA) is 68.5 Å². The van der Waals surface area contributed by atoms with E-state index in [2.05, 4.69) is 15.4 Å². The van der Waals surface area contributed by atoms with E-state index in [4.69, 9.17) is 4.74 Å². The van der Waals surface area contributed by atoms with Gasteiger partial charge in [0.2, 0.25) is 4.96 Å². The second kappa shape index (κ2) is 7.77. The molecule has 8 heteroatoms. The average molecular weight is 396 g/mol. The van der Waals surface area contributed by atoms with E-state index in [1.165, 1.54) is 35.6 Å². The van der Waals surface area contributed by atoms with Crippen molar-refractivity contribution in [3.05, 3.63) is 71.0 Å². The van der Waals surface area contributed by atoms with Crippen LogP contribution in [0.4, 0.5) is 4.39 Å². The zero-order valence-electron chi connectivity index (χ0n) is 15.1. The molecule has 0 aliphatic heterocycles. The molecule has 0 bridgehead atoms. The van der Waals surface area contributed by atoms with Crippen LogP contribution in [0.5, 0.6) is 5.75 Å². The Bertz CT molecular complexity index is 1100. The second-order valence-electron chi connectivity index (χ2n) is 6.10. The van der Waals surface area contributed by atoms with E-state index >= 15 is 0 Å². The van der Waals surface area contributed by atoms with Gasteiger partial charge < -0.3 is 10.1 Å². The molecule has 6 nitrogen and oxygen atoms in total. The SMILES string of the molecule is COc1ccc(-c2nc3scc(CCNC(=O)c4ccc(F)cc4)n3n2)cc1. The summed E-state index contributed by atoms with van der Waals surface area (Å²) in [5.74, 6) is 0.827. The number of hydrogen-bond acceptors (Lipinski definition) is 5. The van der Waals surface area contributed by atoms with Crippen molar-refractivity contribution < 1.29 is 13.9 Å². The van der Waals surface area contributed by atoms with Gasteiger partial charge in [-0.1, -0.05) is 0 Å². The van der Waals surface area contributed by atoms with Gasteiger partial charge in [-0.3, -0.25) is 4.79 Å². The standard InChI is InChI=1S/C20H17FN4O2S/c1-27-17-8-4-13(5-9-17)18-23-20-25(24-18)16(12-28-20)10-11-22-19(26)14-2-6-15(21)7-3-14/h2-9,12H,10-11H2,1H3,(H,22,26). The number of carbonyl (C=O) groups excluding carboxylic acids is 1. The number of ether oxygens (including phenoxy) is 1. The molecule has 142 valence electrons. The van der Waals surface area contributed by atoms with E-state index in [-0.39, 0.29) is 11.7 Å². The summed E-state index contributed by atoms with van der Waals surface area (Å²) < 4.78 is 19.9. The van der Waals surface area contributed by atoms with Crippen LogP contribution in [0.1, 0.15) is 16.1 Å². The van der Waals surface area contributed by atoms with Crippen LogP contribution < -0.4 is 10.1 Å². The van der Waals surface area contributed by atoms with E-state index in [1.54, 1.807) is 11.6 Å². The number of rotatable bonds is 6. The summed E-state index contributed by atoms with van der Waals surface area (Å²) >= 11 is 1.50. The summed E-state index contributed by atoms with van der Waals surface area (Å²) in [7, 11) is 1.63. The highest BCUT2D eigenvalue weighted by Crippen LogP contribution is 2.23. The maximum atomic E-state index is 12.9. The van der Waals surface area contributed by atoms with Crippen molar-refractivity contribution >= 4 is 22.2 Å². The van der Waals surface area contributed by atoms with Crippen molar-refractivity contribution in [1.82, 2.24) is 19.9 Å². The van der Waals surface area contributed by atoms with Crippen LogP contribution in [0.3, 0.4) is 0 Å². The number of halogens is 1. The van der Waals surface area contributed by atoms with Gasteiger partial charge in [0.15, 0.2) is 5.82 Å². The number of amides is 1. The first-order valence-electron chi connectivity index (χ1n) is 8.65. The molecule has 2 aromatic carbocycles. The van der Waals surface area contributed by atoms with Crippen LogP contribution in [-0.4, -0.2) is 34.2 Å². The van der Waals surface area contributed by atoms with Crippen LogP contribution in [0.15, 0.2) is 53.9 Å². The van der Waals surface area contributed by atoms with Gasteiger partial charge in [0, 0.05) is 29.5 Å². The summed E-state index contributed by atoms with van der Waals surface area (Å²) in [6.45, 7) is 0.444. The maximum Gasteiger partial charge on any atom is 0.251 e. The molecule has 2 heterocycles. The molecule has 0 unspecified atom stereocenters. The molecule has 0 radical (unpaired) electrons. The van der Waals surface area contributed by atoms with Crippen molar-refractivity contribution in [1.29, 1.82) is 0 Å². The Morgan fingerprint density at radius 1 is 1.18 bits per heavy atom. The van der Waals surface area contributed by atoms with Crippen LogP contribution in [-0.2, 0) is 6.42 Å². The Hall–Kier alpha value is -3.26. The first-order chi connectivity index (χ1) is 13.6. The predicted octanol–water partition coefficient (Wildman–Crippen LogP) is 3.58. The number of methoxy groups -OCH3 is 1. The van der Waals surface area contributed by atoms with Gasteiger partial charge in [0.1, 0.15) is 11.6 Å². The number of carbonyl (C=O) groups is 1. The van der Waals surface area contributed by atoms with Gasteiger partial charge in [-0.05, 0) is 48.5 Å². The molecular weight excluding hydrogens is 379 g/mol. The van der Waals surface area contributed by atoms with E-state index in [9.17, 15) is 9.18 Å². The first kappa shape index (κ1) is 18.1. The summed E-state index contributed by atoms with van der Waals surface area (Å²) in [6, 6.07) is 13.0. The van der Waals surface area contributed by atoms with Gasteiger partial charge in [-0.2, -0.15) is 4.98 Å². The maximum absolute atomic E-state index is 12.9. The monoisotopic (exact) mass is 396 g/mol. The van der Waals surface area contributed by atoms with Gasteiger partial charge in [-0.15, -0.1) is 16.4 Å². The number of fused-ring (bicyclic) bond motifs is 1. The molecule has 4 aromatic rings. The summed E-state index contributed by atoms with van der Waals surface area (Å²) in [5, 5.41) is 9.41. The third kappa shape index (κ3) is 3.72. The highest BCUT2D eigenvalue weighted by molar-refractivity contribution is 7.15. The van der Waals surface area contributed by atoms with Crippen molar-refractivity contribution in [3.8, 4) is 17.1 Å². The predicted molar refractivity (Wildman–Crippen MR) is 105 cm³/mol. The highest BCUT2D eigenvalue weighted by Gasteiger charge is 2.12. The molecule has 0 saturated carbocycles. The second-order valence-corrected chi connectivity index (χ2v) is 6.93. The largest absolute Gasteiger partial charge is 0.497 e. The Labute approximate surface area is 164 Å². The Kier molecular flexibility index (Phi) is 5.03. The minimum atomic E-state index is -0.365. The molecule has 1 amide bonds. The minimum absolute atomic E-state index is 0.232. The smallest absolute Gasteiger partial charge is 0.251 e. The fraction of sp³-hybridized carbons (Fsp3) is 0.150. The molecule has 0 spiro atoms. The molecule has 0 fully saturated rings. The highest BCUT2D eigenvalue weighted by atomic mass is 32.1. The Morgan fingerprint density at radius 3 is 2.64 bits per heavy atom. The average Bonchev–Trinajstić information content (AvgIpc) is 3.30. The summed E-state index contributed by atoms with van der Waals surface area (Å²) in [5.41, 5.74) is 2.30. The lowest BCUT2D eigenvalue weighted by Gasteiger charge is -2.04.